The number of amides is 1. The van der Waals surface area contributed by atoms with Crippen molar-refractivity contribution < 1.29 is 49.0 Å². The van der Waals surface area contributed by atoms with Crippen LogP contribution >= 0.6 is 11.8 Å². The Morgan fingerprint density at radius 3 is 1.72 bits per heavy atom. The zero-order valence-corrected chi connectivity index (χ0v) is 37.7. The van der Waals surface area contributed by atoms with Crippen molar-refractivity contribution in [3.63, 3.8) is 0 Å². The average molecular weight is 872 g/mol. The first-order valence-electron chi connectivity index (χ1n) is 23.3. The Balaban J connectivity index is 1.74. The maximum absolute atomic E-state index is 12.9. The molecular weight excluding hydrogens is 791 g/mol. The van der Waals surface area contributed by atoms with E-state index in [0.717, 1.165) is 38.5 Å². The molecule has 5 unspecified atom stereocenters. The van der Waals surface area contributed by atoms with Crippen molar-refractivity contribution >= 4 is 35.4 Å². The van der Waals surface area contributed by atoms with E-state index >= 15 is 0 Å². The van der Waals surface area contributed by atoms with Crippen LogP contribution in [-0.4, -0.2) is 114 Å². The molecule has 0 aliphatic carbocycles. The molecule has 1 amide bonds. The van der Waals surface area contributed by atoms with Gasteiger partial charge in [0.2, 0.25) is 5.91 Å². The summed E-state index contributed by atoms with van der Waals surface area (Å²) < 4.78 is 17.8. The van der Waals surface area contributed by atoms with Gasteiger partial charge in [0.1, 0.15) is 37.1 Å². The van der Waals surface area contributed by atoms with Crippen molar-refractivity contribution in [2.24, 2.45) is 5.73 Å². The van der Waals surface area contributed by atoms with Crippen molar-refractivity contribution in [1.29, 1.82) is 0 Å². The van der Waals surface area contributed by atoms with E-state index in [9.17, 15) is 34.8 Å². The lowest BCUT2D eigenvalue weighted by Gasteiger charge is -2.38. The smallest absolute Gasteiger partial charge is 0.306 e. The molecule has 2 heterocycles. The quantitative estimate of drug-likeness (QED) is 0.0302. The van der Waals surface area contributed by atoms with E-state index in [0.29, 0.717) is 12.8 Å². The van der Waals surface area contributed by atoms with E-state index in [1.54, 1.807) is 0 Å². The Labute approximate surface area is 364 Å². The van der Waals surface area contributed by atoms with Crippen LogP contribution in [0.25, 0.3) is 0 Å². The van der Waals surface area contributed by atoms with Crippen molar-refractivity contribution in [2.75, 3.05) is 23.4 Å². The highest BCUT2D eigenvalue weighted by atomic mass is 32.2. The van der Waals surface area contributed by atoms with E-state index in [-0.39, 0.29) is 42.4 Å². The molecule has 0 spiro atoms. The maximum atomic E-state index is 12.9. The Morgan fingerprint density at radius 2 is 1.20 bits per heavy atom. The molecule has 1 saturated heterocycles. The van der Waals surface area contributed by atoms with Gasteiger partial charge in [-0.25, -0.2) is 4.68 Å². The molecule has 348 valence electrons. The van der Waals surface area contributed by atoms with Crippen LogP contribution in [0, 0.1) is 0 Å². The number of aliphatic hydroxyl groups excluding tert-OH is 4. The first-order chi connectivity index (χ1) is 29.0. The lowest BCUT2D eigenvalue weighted by Crippen LogP contribution is -2.58. The normalized spacial score (nSPS) is 20.1. The Kier molecular flexibility index (Phi) is 30.6. The summed E-state index contributed by atoms with van der Waals surface area (Å²) in [7, 11) is 0. The van der Waals surface area contributed by atoms with Crippen LogP contribution in [0.4, 0.5) is 5.82 Å². The summed E-state index contributed by atoms with van der Waals surface area (Å²) in [6.07, 6.45) is 22.6. The predicted molar refractivity (Wildman–Crippen MR) is 235 cm³/mol. The number of thioether (sulfide) groups is 1. The van der Waals surface area contributed by atoms with Gasteiger partial charge < -0.3 is 45.7 Å². The largest absolute Gasteiger partial charge is 0.462 e. The number of hydrogen-bond acceptors (Lipinski definition) is 14. The topological polar surface area (TPSA) is 229 Å². The van der Waals surface area contributed by atoms with Gasteiger partial charge in [-0.1, -0.05) is 160 Å². The van der Waals surface area contributed by atoms with Crippen molar-refractivity contribution in [2.45, 2.75) is 230 Å². The summed E-state index contributed by atoms with van der Waals surface area (Å²) in [5, 5.41) is 50.0. The molecule has 1 aliphatic rings. The first-order valence-corrected chi connectivity index (χ1v) is 24.5. The predicted octanol–water partition coefficient (Wildman–Crippen LogP) is 6.71. The van der Waals surface area contributed by atoms with Gasteiger partial charge in [-0.05, 0) is 12.8 Å². The number of nitrogens with zero attached hydrogens (tertiary/aromatic N) is 3. The lowest BCUT2D eigenvalue weighted by molar-refractivity contribution is -0.284. The Morgan fingerprint density at radius 1 is 0.717 bits per heavy atom. The number of anilines is 1. The number of nitrogens with one attached hydrogen (secondary N) is 1. The van der Waals surface area contributed by atoms with Gasteiger partial charge in [0.15, 0.2) is 12.1 Å². The van der Waals surface area contributed by atoms with Crippen LogP contribution in [0.15, 0.2) is 6.20 Å². The van der Waals surface area contributed by atoms with Crippen LogP contribution in [0.1, 0.15) is 181 Å². The van der Waals surface area contributed by atoms with Crippen molar-refractivity contribution in [3.8, 4) is 0 Å². The zero-order valence-electron chi connectivity index (χ0n) is 36.9. The van der Waals surface area contributed by atoms with E-state index in [1.807, 2.05) is 0 Å². The minimum absolute atomic E-state index is 0.0643. The van der Waals surface area contributed by atoms with Crippen LogP contribution in [0.2, 0.25) is 0 Å². The third-order valence-corrected chi connectivity index (χ3v) is 12.2. The number of carbonyl (C=O) groups is 3. The molecule has 60 heavy (non-hydrogen) atoms. The third-order valence-electron chi connectivity index (χ3n) is 11.0. The van der Waals surface area contributed by atoms with Crippen LogP contribution in [-0.2, 0) is 35.1 Å². The highest BCUT2D eigenvalue weighted by molar-refractivity contribution is 7.99. The summed E-state index contributed by atoms with van der Waals surface area (Å²) in [4.78, 5) is 38.3. The Hall–Kier alpha value is -2.34. The minimum Gasteiger partial charge on any atom is -0.462 e. The molecule has 16 heteroatoms. The fourth-order valence-corrected chi connectivity index (χ4v) is 8.14. The number of nitrogens with two attached hydrogens (primary N) is 1. The van der Waals surface area contributed by atoms with Gasteiger partial charge in [0.05, 0.1) is 18.8 Å². The molecule has 7 atom stereocenters. The molecule has 1 aliphatic heterocycles. The second kappa shape index (κ2) is 34.2. The minimum atomic E-state index is -1.69. The zero-order chi connectivity index (χ0) is 43.8. The summed E-state index contributed by atoms with van der Waals surface area (Å²) in [5.74, 6) is -0.638. The summed E-state index contributed by atoms with van der Waals surface area (Å²) in [6, 6.07) is -0.957. The number of ether oxygens (including phenoxy) is 3. The standard InChI is InChI=1S/C44H81N5O10S/c1-3-5-7-9-11-13-15-17-19-21-23-25-27-38(50)57-31-34(58-39(51)28-26-24-22-20-18-16-14-12-10-8-6-4-2)32-60-33-35(45)43(55)46-37-30-49(48-47-37)29-36-40(52)41(53)42(54)44(56)59-36/h30,34-36,40-42,44,52-54,56H,3-29,31-33,45H2,1-2H3,(H,46,55)/t34-,35-,36?,40?,41?,42?,44?/m1/s1. The fourth-order valence-electron chi connectivity index (χ4n) is 7.17. The average Bonchev–Trinajstić information content (AvgIpc) is 3.67. The number of hydrogen-bond donors (Lipinski definition) is 6. The third kappa shape index (κ3) is 24.9. The number of carbonyl (C=O) groups excluding carboxylic acids is 3. The molecule has 0 saturated carbocycles. The summed E-state index contributed by atoms with van der Waals surface area (Å²) in [5.41, 5.74) is 6.17. The number of rotatable bonds is 37. The SMILES string of the molecule is CCCCCCCCCCCCCCC(=O)OC[C@H](CSC[C@@H](N)C(=O)Nc1cn(CC2OC(O)C(O)C(O)C2O)nn1)OC(=O)CCCCCCCCCCCCCC. The second-order valence-corrected chi connectivity index (χ2v) is 17.6. The summed E-state index contributed by atoms with van der Waals surface area (Å²) in [6.45, 7) is 4.28. The number of unbranched alkanes of at least 4 members (excludes halogenated alkanes) is 22. The molecule has 7 N–H and O–H groups in total. The Bertz CT molecular complexity index is 1260. The summed E-state index contributed by atoms with van der Waals surface area (Å²) >= 11 is 1.31. The van der Waals surface area contributed by atoms with Crippen molar-refractivity contribution in [3.05, 3.63) is 6.20 Å². The van der Waals surface area contributed by atoms with Gasteiger partial charge in [-0.2, -0.15) is 11.8 Å². The molecular formula is C44H81N5O10S. The molecule has 2 rings (SSSR count). The lowest BCUT2D eigenvalue weighted by atomic mass is 9.99. The van der Waals surface area contributed by atoms with E-state index < -0.39 is 48.8 Å². The molecule has 1 aromatic rings. The highest BCUT2D eigenvalue weighted by Gasteiger charge is 2.43. The number of esters is 2. The van der Waals surface area contributed by atoms with Crippen LogP contribution in [0.5, 0.6) is 0 Å². The monoisotopic (exact) mass is 872 g/mol. The maximum Gasteiger partial charge on any atom is 0.306 e. The van der Waals surface area contributed by atoms with Crippen LogP contribution in [0.3, 0.4) is 0 Å². The highest BCUT2D eigenvalue weighted by Crippen LogP contribution is 2.22. The van der Waals surface area contributed by atoms with E-state index in [1.165, 1.54) is 138 Å². The first kappa shape index (κ1) is 53.8. The van der Waals surface area contributed by atoms with Gasteiger partial charge in [-0.15, -0.1) is 5.10 Å². The molecule has 1 fully saturated rings. The van der Waals surface area contributed by atoms with Gasteiger partial charge in [-0.3, -0.25) is 14.4 Å². The van der Waals surface area contributed by atoms with E-state index in [2.05, 4.69) is 29.5 Å². The molecule has 15 nitrogen and oxygen atoms in total. The van der Waals surface area contributed by atoms with Crippen molar-refractivity contribution in [1.82, 2.24) is 15.0 Å². The molecule has 0 aromatic carbocycles. The molecule has 1 aromatic heterocycles. The fraction of sp³-hybridized carbons (Fsp3) is 0.886. The molecule has 0 bridgehead atoms. The van der Waals surface area contributed by atoms with Gasteiger partial charge in [0.25, 0.3) is 0 Å². The number of aliphatic hydroxyl groups is 4. The number of aromatic nitrogens is 3. The van der Waals surface area contributed by atoms with E-state index in [4.69, 9.17) is 19.9 Å². The van der Waals surface area contributed by atoms with Crippen LogP contribution < -0.4 is 11.1 Å². The van der Waals surface area contributed by atoms with Gasteiger partial charge in [0, 0.05) is 24.3 Å². The second-order valence-electron chi connectivity index (χ2n) is 16.6. The van der Waals surface area contributed by atoms with Gasteiger partial charge >= 0.3 is 11.9 Å². The molecule has 0 radical (unpaired) electrons.